The lowest BCUT2D eigenvalue weighted by molar-refractivity contribution is -0.131. The minimum atomic E-state index is -0.150. The highest BCUT2D eigenvalue weighted by atomic mass is 35.5. The number of carbonyl (C=O) groups excluding carboxylic acids is 1. The van der Waals surface area contributed by atoms with Crippen molar-refractivity contribution in [3.63, 3.8) is 0 Å². The molecule has 0 saturated carbocycles. The Balaban J connectivity index is 1.25. The number of rotatable bonds is 4. The fourth-order valence-electron chi connectivity index (χ4n) is 4.56. The van der Waals surface area contributed by atoms with Crippen LogP contribution < -0.4 is 10.5 Å². The molecule has 33 heavy (non-hydrogen) atoms. The molecule has 0 bridgehead atoms. The number of nitrogens with one attached hydrogen (secondary N) is 1. The number of hydrogen-bond donors (Lipinski definition) is 1. The van der Waals surface area contributed by atoms with E-state index in [1.165, 1.54) is 10.1 Å². The van der Waals surface area contributed by atoms with E-state index in [2.05, 4.69) is 21.8 Å². The Hall–Kier alpha value is -3.32. The van der Waals surface area contributed by atoms with Crippen LogP contribution in [0.1, 0.15) is 17.5 Å². The van der Waals surface area contributed by atoms with Crippen LogP contribution >= 0.6 is 11.6 Å². The van der Waals surface area contributed by atoms with Crippen molar-refractivity contribution in [3.05, 3.63) is 69.2 Å². The summed E-state index contributed by atoms with van der Waals surface area (Å²) < 4.78 is 1.52. The molecule has 0 aliphatic carbocycles. The molecule has 0 atom stereocenters. The standard InChI is InChI=1S/C25H26ClN5O2/c1-16-3-6-20-19(13-16)23-24(28-20)25(33)31(15-27-23)8-7-22(32)30-11-9-29(10-12-30)21-14-18(26)5-4-17(21)2/h3-6,13-15,28H,7-12H2,1-2H3. The number of nitrogens with zero attached hydrogens (tertiary/aromatic N) is 4. The van der Waals surface area contributed by atoms with Crippen molar-refractivity contribution in [1.82, 2.24) is 19.4 Å². The minimum absolute atomic E-state index is 0.0525. The van der Waals surface area contributed by atoms with E-state index >= 15 is 0 Å². The largest absolute Gasteiger partial charge is 0.368 e. The van der Waals surface area contributed by atoms with Crippen LogP contribution in [0.2, 0.25) is 5.02 Å². The van der Waals surface area contributed by atoms with Crippen LogP contribution in [0.4, 0.5) is 5.69 Å². The Labute approximate surface area is 196 Å². The number of piperazine rings is 1. The summed E-state index contributed by atoms with van der Waals surface area (Å²) in [5.74, 6) is 0.0525. The molecule has 0 unspecified atom stereocenters. The Bertz CT molecular complexity index is 1420. The second-order valence-corrected chi connectivity index (χ2v) is 9.13. The smallest absolute Gasteiger partial charge is 0.277 e. The minimum Gasteiger partial charge on any atom is -0.368 e. The SMILES string of the molecule is Cc1ccc2[nH]c3c(=O)n(CCC(=O)N4CCN(c5cc(Cl)ccc5C)CC4)cnc3c2c1. The van der Waals surface area contributed by atoms with Gasteiger partial charge in [0.15, 0.2) is 0 Å². The number of anilines is 1. The van der Waals surface area contributed by atoms with Gasteiger partial charge in [0.25, 0.3) is 5.56 Å². The maximum Gasteiger partial charge on any atom is 0.277 e. The molecule has 0 radical (unpaired) electrons. The van der Waals surface area contributed by atoms with Gasteiger partial charge in [0.05, 0.1) is 6.33 Å². The highest BCUT2D eigenvalue weighted by Crippen LogP contribution is 2.25. The molecular formula is C25H26ClN5O2. The van der Waals surface area contributed by atoms with Crippen LogP contribution in [0.3, 0.4) is 0 Å². The van der Waals surface area contributed by atoms with E-state index < -0.39 is 0 Å². The number of fused-ring (bicyclic) bond motifs is 3. The summed E-state index contributed by atoms with van der Waals surface area (Å²) in [6.45, 7) is 7.21. The maximum atomic E-state index is 13.0. The number of aryl methyl sites for hydroxylation is 3. The number of hydrogen-bond acceptors (Lipinski definition) is 4. The first-order chi connectivity index (χ1) is 15.9. The van der Waals surface area contributed by atoms with Gasteiger partial charge in [-0.15, -0.1) is 0 Å². The number of aromatic amines is 1. The van der Waals surface area contributed by atoms with E-state index in [-0.39, 0.29) is 17.9 Å². The molecule has 5 rings (SSSR count). The average Bonchev–Trinajstić information content (AvgIpc) is 3.19. The predicted octanol–water partition coefficient (Wildman–Crippen LogP) is 3.89. The van der Waals surface area contributed by atoms with Crippen LogP contribution in [-0.2, 0) is 11.3 Å². The zero-order chi connectivity index (χ0) is 23.1. The summed E-state index contributed by atoms with van der Waals surface area (Å²) in [4.78, 5) is 37.7. The average molecular weight is 464 g/mol. The number of benzene rings is 2. The van der Waals surface area contributed by atoms with Crippen LogP contribution in [0.5, 0.6) is 0 Å². The molecule has 1 saturated heterocycles. The highest BCUT2D eigenvalue weighted by Gasteiger charge is 2.22. The topological polar surface area (TPSA) is 74.2 Å². The predicted molar refractivity (Wildman–Crippen MR) is 132 cm³/mol. The first-order valence-corrected chi connectivity index (χ1v) is 11.5. The van der Waals surface area contributed by atoms with Crippen molar-refractivity contribution in [2.45, 2.75) is 26.8 Å². The van der Waals surface area contributed by atoms with Gasteiger partial charge < -0.3 is 14.8 Å². The monoisotopic (exact) mass is 463 g/mol. The quantitative estimate of drug-likeness (QED) is 0.498. The molecule has 4 aromatic rings. The number of halogens is 1. The van der Waals surface area contributed by atoms with Gasteiger partial charge in [0.1, 0.15) is 11.0 Å². The molecular weight excluding hydrogens is 438 g/mol. The van der Waals surface area contributed by atoms with Gasteiger partial charge in [0, 0.05) is 60.8 Å². The summed E-state index contributed by atoms with van der Waals surface area (Å²) in [7, 11) is 0. The lowest BCUT2D eigenvalue weighted by Gasteiger charge is -2.37. The third kappa shape index (κ3) is 4.09. The molecule has 2 aromatic carbocycles. The van der Waals surface area contributed by atoms with Crippen molar-refractivity contribution in [2.24, 2.45) is 0 Å². The van der Waals surface area contributed by atoms with Crippen LogP contribution in [-0.4, -0.2) is 51.5 Å². The zero-order valence-electron chi connectivity index (χ0n) is 18.8. The van der Waals surface area contributed by atoms with Gasteiger partial charge in [-0.3, -0.25) is 14.2 Å². The molecule has 7 nitrogen and oxygen atoms in total. The van der Waals surface area contributed by atoms with E-state index in [4.69, 9.17) is 11.6 Å². The first-order valence-electron chi connectivity index (χ1n) is 11.2. The third-order valence-corrected chi connectivity index (χ3v) is 6.67. The van der Waals surface area contributed by atoms with Gasteiger partial charge in [-0.1, -0.05) is 29.3 Å². The maximum absolute atomic E-state index is 13.0. The van der Waals surface area contributed by atoms with Gasteiger partial charge >= 0.3 is 0 Å². The van der Waals surface area contributed by atoms with Crippen LogP contribution in [0.25, 0.3) is 21.9 Å². The van der Waals surface area contributed by atoms with E-state index in [1.807, 2.05) is 48.2 Å². The molecule has 1 aliphatic heterocycles. The second kappa shape index (κ2) is 8.56. The Morgan fingerprint density at radius 1 is 1.09 bits per heavy atom. The number of carbonyl (C=O) groups is 1. The van der Waals surface area contributed by atoms with E-state index in [0.29, 0.717) is 30.7 Å². The van der Waals surface area contributed by atoms with Gasteiger partial charge in [0.2, 0.25) is 5.91 Å². The van der Waals surface area contributed by atoms with E-state index in [0.717, 1.165) is 40.3 Å². The second-order valence-electron chi connectivity index (χ2n) is 8.69. The molecule has 0 spiro atoms. The molecule has 170 valence electrons. The van der Waals surface area contributed by atoms with E-state index in [9.17, 15) is 9.59 Å². The van der Waals surface area contributed by atoms with Crippen LogP contribution in [0, 0.1) is 13.8 Å². The van der Waals surface area contributed by atoms with Crippen molar-refractivity contribution >= 4 is 45.1 Å². The van der Waals surface area contributed by atoms with Crippen molar-refractivity contribution in [1.29, 1.82) is 0 Å². The number of H-pyrrole nitrogens is 1. The number of amides is 1. The lowest BCUT2D eigenvalue weighted by Crippen LogP contribution is -2.49. The van der Waals surface area contributed by atoms with Crippen LogP contribution in [0.15, 0.2) is 47.5 Å². The molecule has 1 aliphatic rings. The summed E-state index contributed by atoms with van der Waals surface area (Å²) >= 11 is 6.17. The Morgan fingerprint density at radius 3 is 2.67 bits per heavy atom. The lowest BCUT2D eigenvalue weighted by atomic mass is 10.1. The molecule has 1 N–H and O–H groups in total. The van der Waals surface area contributed by atoms with Crippen molar-refractivity contribution < 1.29 is 4.79 Å². The van der Waals surface area contributed by atoms with Crippen molar-refractivity contribution in [2.75, 3.05) is 31.1 Å². The molecule has 1 fully saturated rings. The molecule has 2 aromatic heterocycles. The molecule has 1 amide bonds. The summed E-state index contributed by atoms with van der Waals surface area (Å²) in [6.07, 6.45) is 1.82. The fraction of sp³-hybridized carbons (Fsp3) is 0.320. The highest BCUT2D eigenvalue weighted by molar-refractivity contribution is 6.30. The van der Waals surface area contributed by atoms with Gasteiger partial charge in [-0.05, 0) is 43.7 Å². The molecule has 3 heterocycles. The summed E-state index contributed by atoms with van der Waals surface area (Å²) in [5.41, 5.74) is 5.31. The van der Waals surface area contributed by atoms with E-state index in [1.54, 1.807) is 6.33 Å². The third-order valence-electron chi connectivity index (χ3n) is 6.44. The van der Waals surface area contributed by atoms with Gasteiger partial charge in [-0.25, -0.2) is 4.98 Å². The van der Waals surface area contributed by atoms with Crippen molar-refractivity contribution in [3.8, 4) is 0 Å². The Kier molecular flexibility index (Phi) is 5.58. The Morgan fingerprint density at radius 2 is 1.88 bits per heavy atom. The van der Waals surface area contributed by atoms with Gasteiger partial charge in [-0.2, -0.15) is 0 Å². The summed E-state index contributed by atoms with van der Waals surface area (Å²) in [5, 5.41) is 1.66. The molecule has 8 heteroatoms. The zero-order valence-corrected chi connectivity index (χ0v) is 19.5. The number of aromatic nitrogens is 3. The normalized spacial score (nSPS) is 14.4. The first kappa shape index (κ1) is 21.5. The fourth-order valence-corrected chi connectivity index (χ4v) is 4.72. The summed E-state index contributed by atoms with van der Waals surface area (Å²) in [6, 6.07) is 11.9.